The van der Waals surface area contributed by atoms with E-state index in [1.807, 2.05) is 26.0 Å². The van der Waals surface area contributed by atoms with Gasteiger partial charge in [0.2, 0.25) is 5.91 Å². The number of amides is 3. The molecule has 204 valence electrons. The third-order valence-electron chi connectivity index (χ3n) is 8.08. The minimum Gasteiger partial charge on any atom is -0.352 e. The Balaban J connectivity index is 1.53. The third-order valence-corrected chi connectivity index (χ3v) is 8.41. The average Bonchev–Trinajstić information content (AvgIpc) is 2.85. The molecule has 0 radical (unpaired) electrons. The summed E-state index contributed by atoms with van der Waals surface area (Å²) in [6, 6.07) is 11.0. The molecule has 6 nitrogen and oxygen atoms in total. The maximum atomic E-state index is 13.7. The van der Waals surface area contributed by atoms with E-state index in [1.54, 1.807) is 24.3 Å². The van der Waals surface area contributed by atoms with Crippen LogP contribution in [-0.4, -0.2) is 35.2 Å². The van der Waals surface area contributed by atoms with Crippen molar-refractivity contribution in [2.75, 3.05) is 11.9 Å². The van der Waals surface area contributed by atoms with Crippen LogP contribution < -0.4 is 10.6 Å². The van der Waals surface area contributed by atoms with E-state index in [1.165, 1.54) is 0 Å². The number of benzene rings is 2. The number of hydrogen-bond acceptors (Lipinski definition) is 3. The molecule has 1 saturated carbocycles. The number of nitrogens with zero attached hydrogens (tertiary/aromatic N) is 1. The minimum atomic E-state index is -0.360. The van der Waals surface area contributed by atoms with Gasteiger partial charge in [0.05, 0.1) is 10.6 Å². The second kappa shape index (κ2) is 10.7. The molecular weight excluding hydrogens is 498 g/mol. The Bertz CT molecular complexity index is 1240. The van der Waals surface area contributed by atoms with E-state index >= 15 is 0 Å². The number of carbonyl (C=O) groups excluding carboxylic acids is 3. The summed E-state index contributed by atoms with van der Waals surface area (Å²) >= 11 is 6.36. The Morgan fingerprint density at radius 2 is 1.74 bits per heavy atom. The topological polar surface area (TPSA) is 78.5 Å². The predicted molar refractivity (Wildman–Crippen MR) is 153 cm³/mol. The Morgan fingerprint density at radius 1 is 1.05 bits per heavy atom. The molecule has 2 aromatic carbocycles. The quantitative estimate of drug-likeness (QED) is 0.437. The molecule has 2 aliphatic rings. The highest BCUT2D eigenvalue weighted by Crippen LogP contribution is 2.41. The molecule has 1 heterocycles. The lowest BCUT2D eigenvalue weighted by molar-refractivity contribution is -0.124. The SMILES string of the molecule is CC(C)C(=O)NCc1ccc(Cl)c(C(=O)Nc2ccc3c(c2)C(=O)N(C2CCC(C)(C)CC2)CC3(C)C)c1. The first-order valence-electron chi connectivity index (χ1n) is 13.6. The van der Waals surface area contributed by atoms with Crippen molar-refractivity contribution >= 4 is 35.0 Å². The van der Waals surface area contributed by atoms with Gasteiger partial charge in [-0.3, -0.25) is 14.4 Å². The molecule has 1 aliphatic carbocycles. The lowest BCUT2D eigenvalue weighted by Crippen LogP contribution is -2.52. The van der Waals surface area contributed by atoms with Crippen LogP contribution in [0, 0.1) is 11.3 Å². The first-order chi connectivity index (χ1) is 17.8. The van der Waals surface area contributed by atoms with E-state index in [2.05, 4.69) is 43.2 Å². The molecule has 38 heavy (non-hydrogen) atoms. The largest absolute Gasteiger partial charge is 0.352 e. The molecule has 0 spiro atoms. The van der Waals surface area contributed by atoms with Crippen LogP contribution in [0.3, 0.4) is 0 Å². The fourth-order valence-electron chi connectivity index (χ4n) is 5.57. The smallest absolute Gasteiger partial charge is 0.257 e. The predicted octanol–water partition coefficient (Wildman–Crippen LogP) is 6.57. The number of hydrogen-bond donors (Lipinski definition) is 2. The van der Waals surface area contributed by atoms with Crippen LogP contribution in [0.2, 0.25) is 5.02 Å². The summed E-state index contributed by atoms with van der Waals surface area (Å²) in [6.07, 6.45) is 4.28. The highest BCUT2D eigenvalue weighted by Gasteiger charge is 2.41. The van der Waals surface area contributed by atoms with Crippen LogP contribution in [0.1, 0.15) is 99.1 Å². The number of nitrogens with one attached hydrogen (secondary N) is 2. The van der Waals surface area contributed by atoms with Crippen LogP contribution in [0.5, 0.6) is 0 Å². The molecule has 2 aromatic rings. The Labute approximate surface area is 231 Å². The van der Waals surface area contributed by atoms with Gasteiger partial charge < -0.3 is 15.5 Å². The van der Waals surface area contributed by atoms with Crippen LogP contribution in [0.25, 0.3) is 0 Å². The molecule has 4 rings (SSSR count). The van der Waals surface area contributed by atoms with Gasteiger partial charge in [0.1, 0.15) is 0 Å². The second-order valence-electron chi connectivity index (χ2n) is 12.6. The van der Waals surface area contributed by atoms with Gasteiger partial charge in [0, 0.05) is 41.7 Å². The first-order valence-corrected chi connectivity index (χ1v) is 14.0. The Hall–Kier alpha value is -2.86. The summed E-state index contributed by atoms with van der Waals surface area (Å²) in [5.41, 5.74) is 3.46. The van der Waals surface area contributed by atoms with Crippen LogP contribution in [0.4, 0.5) is 5.69 Å². The molecule has 0 bridgehead atoms. The fourth-order valence-corrected chi connectivity index (χ4v) is 5.77. The van der Waals surface area contributed by atoms with Crippen LogP contribution in [0.15, 0.2) is 36.4 Å². The molecule has 7 heteroatoms. The van der Waals surface area contributed by atoms with E-state index in [-0.39, 0.29) is 35.1 Å². The summed E-state index contributed by atoms with van der Waals surface area (Å²) < 4.78 is 0. The van der Waals surface area contributed by atoms with Crippen molar-refractivity contribution in [2.45, 2.75) is 85.2 Å². The second-order valence-corrected chi connectivity index (χ2v) is 13.0. The molecule has 1 aliphatic heterocycles. The van der Waals surface area contributed by atoms with E-state index < -0.39 is 0 Å². The van der Waals surface area contributed by atoms with Gasteiger partial charge in [-0.1, -0.05) is 65.3 Å². The van der Waals surface area contributed by atoms with Crippen LogP contribution >= 0.6 is 11.6 Å². The van der Waals surface area contributed by atoms with Gasteiger partial charge in [0.25, 0.3) is 11.8 Å². The van der Waals surface area contributed by atoms with Crippen molar-refractivity contribution in [1.82, 2.24) is 10.2 Å². The number of carbonyl (C=O) groups is 3. The van der Waals surface area contributed by atoms with Crippen molar-refractivity contribution in [3.05, 3.63) is 63.7 Å². The van der Waals surface area contributed by atoms with Gasteiger partial charge in [-0.05, 0) is 66.5 Å². The summed E-state index contributed by atoms with van der Waals surface area (Å²) in [6.45, 7) is 13.6. The molecule has 0 atom stereocenters. The first kappa shape index (κ1) is 28.2. The van der Waals surface area contributed by atoms with Crippen LogP contribution in [-0.2, 0) is 16.8 Å². The lowest BCUT2D eigenvalue weighted by Gasteiger charge is -2.46. The fraction of sp³-hybridized carbons (Fsp3) is 0.516. The van der Waals surface area contributed by atoms with E-state index in [0.717, 1.165) is 36.8 Å². The van der Waals surface area contributed by atoms with Gasteiger partial charge >= 0.3 is 0 Å². The Morgan fingerprint density at radius 3 is 2.39 bits per heavy atom. The van der Waals surface area contributed by atoms with Gasteiger partial charge in [0.15, 0.2) is 0 Å². The van der Waals surface area contributed by atoms with Crippen molar-refractivity contribution in [2.24, 2.45) is 11.3 Å². The molecule has 0 aromatic heterocycles. The third kappa shape index (κ3) is 6.06. The molecule has 0 saturated heterocycles. The van der Waals surface area contributed by atoms with Crippen molar-refractivity contribution in [3.8, 4) is 0 Å². The number of anilines is 1. The average molecular weight is 538 g/mol. The zero-order chi connectivity index (χ0) is 27.8. The number of halogens is 1. The monoisotopic (exact) mass is 537 g/mol. The molecule has 1 fully saturated rings. The molecular formula is C31H40ClN3O3. The van der Waals surface area contributed by atoms with E-state index in [4.69, 9.17) is 11.6 Å². The van der Waals surface area contributed by atoms with E-state index in [9.17, 15) is 14.4 Å². The standard InChI is InChI=1S/C31H40ClN3O3/c1-19(2)27(36)33-17-20-7-10-26(32)24(15-20)28(37)34-21-8-9-25-23(16-21)29(38)35(18-31(25,5)6)22-11-13-30(3,4)14-12-22/h7-10,15-16,19,22H,11-14,17-18H2,1-6H3,(H,33,36)(H,34,37). The highest BCUT2D eigenvalue weighted by atomic mass is 35.5. The zero-order valence-corrected chi connectivity index (χ0v) is 24.2. The van der Waals surface area contributed by atoms with Crippen molar-refractivity contribution < 1.29 is 14.4 Å². The zero-order valence-electron chi connectivity index (χ0n) is 23.4. The normalized spacial score (nSPS) is 18.7. The van der Waals surface area contributed by atoms with Gasteiger partial charge in [-0.15, -0.1) is 0 Å². The summed E-state index contributed by atoms with van der Waals surface area (Å²) in [4.78, 5) is 40.9. The number of fused-ring (bicyclic) bond motifs is 1. The molecule has 2 N–H and O–H groups in total. The van der Waals surface area contributed by atoms with Crippen molar-refractivity contribution in [1.29, 1.82) is 0 Å². The van der Waals surface area contributed by atoms with E-state index in [0.29, 0.717) is 40.3 Å². The minimum absolute atomic E-state index is 0.0426. The summed E-state index contributed by atoms with van der Waals surface area (Å²) in [5.74, 6) is -0.497. The lowest BCUT2D eigenvalue weighted by atomic mass is 9.73. The highest BCUT2D eigenvalue weighted by molar-refractivity contribution is 6.34. The molecule has 0 unspecified atom stereocenters. The summed E-state index contributed by atoms with van der Waals surface area (Å²) in [7, 11) is 0. The summed E-state index contributed by atoms with van der Waals surface area (Å²) in [5, 5.41) is 6.11. The van der Waals surface area contributed by atoms with Crippen molar-refractivity contribution in [3.63, 3.8) is 0 Å². The van der Waals surface area contributed by atoms with Gasteiger partial charge in [-0.25, -0.2) is 0 Å². The maximum Gasteiger partial charge on any atom is 0.257 e. The molecule has 3 amide bonds. The number of rotatable bonds is 6. The Kier molecular flexibility index (Phi) is 7.94. The van der Waals surface area contributed by atoms with Gasteiger partial charge in [-0.2, -0.15) is 0 Å². The maximum absolute atomic E-state index is 13.7.